The fraction of sp³-hybridized carbons (Fsp3) is 0.550. The standard InChI is InChI=1S/C20H27BN2O2/c1-18(2)12-11-14-13-22-23(17(14)18)16-9-7-15(8-10-16)21-24-19(3,4)20(5,6)25-21/h7-10,13H,11-12H2,1-6H3. The molecular formula is C20H27BN2O2. The van der Waals surface area contributed by atoms with Gasteiger partial charge in [0.2, 0.25) is 0 Å². The molecule has 1 fully saturated rings. The normalized spacial score (nSPS) is 23.0. The number of hydrogen-bond donors (Lipinski definition) is 0. The van der Waals surface area contributed by atoms with Crippen LogP contribution in [0.25, 0.3) is 5.69 Å². The van der Waals surface area contributed by atoms with Gasteiger partial charge in [-0.25, -0.2) is 4.68 Å². The van der Waals surface area contributed by atoms with Crippen molar-refractivity contribution in [1.82, 2.24) is 9.78 Å². The Morgan fingerprint density at radius 1 is 0.960 bits per heavy atom. The predicted molar refractivity (Wildman–Crippen MR) is 101 cm³/mol. The van der Waals surface area contributed by atoms with Crippen molar-refractivity contribution in [3.8, 4) is 5.69 Å². The van der Waals surface area contributed by atoms with Crippen LogP contribution >= 0.6 is 0 Å². The van der Waals surface area contributed by atoms with Gasteiger partial charge < -0.3 is 9.31 Å². The first kappa shape index (κ1) is 16.9. The van der Waals surface area contributed by atoms with Crippen LogP contribution in [0, 0.1) is 0 Å². The number of hydrogen-bond acceptors (Lipinski definition) is 3. The number of nitrogens with zero attached hydrogens (tertiary/aromatic N) is 2. The van der Waals surface area contributed by atoms with E-state index < -0.39 is 0 Å². The van der Waals surface area contributed by atoms with Gasteiger partial charge in [0.15, 0.2) is 0 Å². The molecule has 2 aliphatic rings. The molecule has 0 saturated carbocycles. The lowest BCUT2D eigenvalue weighted by atomic mass is 9.79. The van der Waals surface area contributed by atoms with E-state index in [2.05, 4.69) is 75.6 Å². The highest BCUT2D eigenvalue weighted by atomic mass is 16.7. The lowest BCUT2D eigenvalue weighted by Gasteiger charge is -2.32. The van der Waals surface area contributed by atoms with Crippen LogP contribution in [-0.2, 0) is 21.1 Å². The average molecular weight is 338 g/mol. The van der Waals surface area contributed by atoms with E-state index in [9.17, 15) is 0 Å². The third-order valence-corrected chi connectivity index (χ3v) is 6.17. The fourth-order valence-corrected chi connectivity index (χ4v) is 3.80. The molecule has 0 spiro atoms. The molecular weight excluding hydrogens is 311 g/mol. The molecule has 4 nitrogen and oxygen atoms in total. The minimum Gasteiger partial charge on any atom is -0.399 e. The van der Waals surface area contributed by atoms with Crippen molar-refractivity contribution in [2.45, 2.75) is 71.0 Å². The zero-order chi connectivity index (χ0) is 18.0. The molecule has 132 valence electrons. The second-order valence-electron chi connectivity index (χ2n) is 8.99. The highest BCUT2D eigenvalue weighted by Gasteiger charge is 2.51. The predicted octanol–water partition coefficient (Wildman–Crippen LogP) is 3.40. The zero-order valence-electron chi connectivity index (χ0n) is 16.1. The molecule has 1 aliphatic carbocycles. The number of aryl methyl sites for hydroxylation is 1. The minimum atomic E-state index is -0.321. The van der Waals surface area contributed by atoms with Crippen LogP contribution < -0.4 is 5.46 Å². The third-order valence-electron chi connectivity index (χ3n) is 6.17. The van der Waals surface area contributed by atoms with Gasteiger partial charge in [0.1, 0.15) is 0 Å². The number of fused-ring (bicyclic) bond motifs is 1. The Labute approximate surface area is 150 Å². The van der Waals surface area contributed by atoms with Crippen LogP contribution in [0.15, 0.2) is 30.5 Å². The molecule has 0 bridgehead atoms. The Bertz CT molecular complexity index is 790. The maximum Gasteiger partial charge on any atom is 0.494 e. The summed E-state index contributed by atoms with van der Waals surface area (Å²) in [5, 5.41) is 4.63. The van der Waals surface area contributed by atoms with E-state index in [0.717, 1.165) is 17.6 Å². The number of benzene rings is 1. The van der Waals surface area contributed by atoms with E-state index in [1.807, 2.05) is 6.20 Å². The summed E-state index contributed by atoms with van der Waals surface area (Å²) >= 11 is 0. The summed E-state index contributed by atoms with van der Waals surface area (Å²) in [4.78, 5) is 0. The van der Waals surface area contributed by atoms with Crippen molar-refractivity contribution in [2.75, 3.05) is 0 Å². The molecule has 0 unspecified atom stereocenters. The molecule has 1 aromatic carbocycles. The summed E-state index contributed by atoms with van der Waals surface area (Å²) in [6, 6.07) is 8.41. The molecule has 2 aromatic rings. The molecule has 1 aliphatic heterocycles. The summed E-state index contributed by atoms with van der Waals surface area (Å²) in [5.41, 5.74) is 4.40. The number of rotatable bonds is 2. The van der Waals surface area contributed by atoms with Crippen LogP contribution in [0.5, 0.6) is 0 Å². The van der Waals surface area contributed by atoms with E-state index in [-0.39, 0.29) is 23.7 Å². The van der Waals surface area contributed by atoms with E-state index in [1.54, 1.807) is 0 Å². The van der Waals surface area contributed by atoms with Gasteiger partial charge in [-0.05, 0) is 63.7 Å². The number of aromatic nitrogens is 2. The highest BCUT2D eigenvalue weighted by Crippen LogP contribution is 2.39. The van der Waals surface area contributed by atoms with Crippen LogP contribution in [0.1, 0.15) is 59.2 Å². The van der Waals surface area contributed by atoms with E-state index in [0.29, 0.717) is 0 Å². The molecule has 2 heterocycles. The molecule has 0 N–H and O–H groups in total. The Morgan fingerprint density at radius 3 is 2.16 bits per heavy atom. The van der Waals surface area contributed by atoms with E-state index in [1.165, 1.54) is 17.7 Å². The first-order chi connectivity index (χ1) is 11.6. The second-order valence-corrected chi connectivity index (χ2v) is 8.99. The monoisotopic (exact) mass is 338 g/mol. The van der Waals surface area contributed by atoms with Gasteiger partial charge in [-0.1, -0.05) is 26.0 Å². The van der Waals surface area contributed by atoms with Crippen LogP contribution in [0.4, 0.5) is 0 Å². The highest BCUT2D eigenvalue weighted by molar-refractivity contribution is 6.62. The average Bonchev–Trinajstić information content (AvgIpc) is 3.14. The zero-order valence-corrected chi connectivity index (χ0v) is 16.1. The van der Waals surface area contributed by atoms with Crippen LogP contribution in [0.3, 0.4) is 0 Å². The van der Waals surface area contributed by atoms with Crippen LogP contribution in [0.2, 0.25) is 0 Å². The maximum absolute atomic E-state index is 6.14. The second kappa shape index (κ2) is 5.21. The van der Waals surface area contributed by atoms with Gasteiger partial charge in [0, 0.05) is 5.41 Å². The van der Waals surface area contributed by atoms with Crippen molar-refractivity contribution in [1.29, 1.82) is 0 Å². The van der Waals surface area contributed by atoms with E-state index in [4.69, 9.17) is 9.31 Å². The summed E-state index contributed by atoms with van der Waals surface area (Å²) in [7, 11) is -0.321. The topological polar surface area (TPSA) is 36.3 Å². The molecule has 1 saturated heterocycles. The molecule has 1 aromatic heterocycles. The van der Waals surface area contributed by atoms with Crippen LogP contribution in [-0.4, -0.2) is 28.1 Å². The lowest BCUT2D eigenvalue weighted by molar-refractivity contribution is 0.00578. The van der Waals surface area contributed by atoms with Gasteiger partial charge >= 0.3 is 7.12 Å². The summed E-state index contributed by atoms with van der Waals surface area (Å²) in [6.07, 6.45) is 4.33. The molecule has 25 heavy (non-hydrogen) atoms. The van der Waals surface area contributed by atoms with Gasteiger partial charge in [-0.3, -0.25) is 0 Å². The largest absolute Gasteiger partial charge is 0.494 e. The molecule has 0 amide bonds. The SMILES string of the molecule is CC1(C)CCc2cnn(-c3ccc(B4OC(C)(C)C(C)(C)O4)cc3)c21. The molecule has 5 heteroatoms. The van der Waals surface area contributed by atoms with Gasteiger partial charge in [-0.2, -0.15) is 5.10 Å². The van der Waals surface area contributed by atoms with Gasteiger partial charge in [0.05, 0.1) is 28.8 Å². The Kier molecular flexibility index (Phi) is 3.51. The fourth-order valence-electron chi connectivity index (χ4n) is 3.80. The maximum atomic E-state index is 6.14. The smallest absolute Gasteiger partial charge is 0.399 e. The first-order valence-electron chi connectivity index (χ1n) is 9.14. The Balaban J connectivity index is 1.63. The lowest BCUT2D eigenvalue weighted by Crippen LogP contribution is -2.41. The van der Waals surface area contributed by atoms with Gasteiger partial charge in [0.25, 0.3) is 0 Å². The summed E-state index contributed by atoms with van der Waals surface area (Å²) in [5.74, 6) is 0. The van der Waals surface area contributed by atoms with Crippen molar-refractivity contribution in [3.05, 3.63) is 41.7 Å². The van der Waals surface area contributed by atoms with E-state index >= 15 is 0 Å². The summed E-state index contributed by atoms with van der Waals surface area (Å²) in [6.45, 7) is 12.9. The minimum absolute atomic E-state index is 0.177. The molecule has 0 radical (unpaired) electrons. The Morgan fingerprint density at radius 2 is 1.56 bits per heavy atom. The third kappa shape index (κ3) is 2.56. The van der Waals surface area contributed by atoms with Crippen molar-refractivity contribution in [2.24, 2.45) is 0 Å². The summed E-state index contributed by atoms with van der Waals surface area (Å²) < 4.78 is 14.4. The van der Waals surface area contributed by atoms with Crippen molar-refractivity contribution >= 4 is 12.6 Å². The van der Waals surface area contributed by atoms with Crippen molar-refractivity contribution in [3.63, 3.8) is 0 Å². The Hall–Kier alpha value is -1.59. The molecule has 4 rings (SSSR count). The first-order valence-corrected chi connectivity index (χ1v) is 9.14. The van der Waals surface area contributed by atoms with Crippen molar-refractivity contribution < 1.29 is 9.31 Å². The van der Waals surface area contributed by atoms with Gasteiger partial charge in [-0.15, -0.1) is 0 Å². The quantitative estimate of drug-likeness (QED) is 0.788. The molecule has 0 atom stereocenters.